The second kappa shape index (κ2) is 9.46. The molecular weight excluding hydrogens is 488 g/mol. The van der Waals surface area contributed by atoms with Gasteiger partial charge in [-0.1, -0.05) is 29.8 Å². The van der Waals surface area contributed by atoms with E-state index in [9.17, 15) is 14.4 Å². The van der Waals surface area contributed by atoms with Crippen LogP contribution in [0.3, 0.4) is 0 Å². The molecule has 194 valence electrons. The minimum Gasteiger partial charge on any atom is -0.494 e. The van der Waals surface area contributed by atoms with E-state index in [1.807, 2.05) is 25.1 Å². The van der Waals surface area contributed by atoms with Crippen LogP contribution in [0, 0.1) is 23.2 Å². The zero-order chi connectivity index (χ0) is 25.7. The number of anilines is 1. The van der Waals surface area contributed by atoms with Gasteiger partial charge < -0.3 is 9.64 Å². The van der Waals surface area contributed by atoms with E-state index in [0.29, 0.717) is 40.8 Å². The largest absolute Gasteiger partial charge is 0.494 e. The molecule has 0 radical (unpaired) electrons. The molecule has 37 heavy (non-hydrogen) atoms. The summed E-state index contributed by atoms with van der Waals surface area (Å²) in [5.41, 5.74) is 0.870. The summed E-state index contributed by atoms with van der Waals surface area (Å²) in [6.45, 7) is 2.66. The minimum atomic E-state index is -0.837. The number of rotatable bonds is 7. The summed E-state index contributed by atoms with van der Waals surface area (Å²) in [5.74, 6) is 1.86. The van der Waals surface area contributed by atoms with Crippen LogP contribution in [-0.4, -0.2) is 35.3 Å². The summed E-state index contributed by atoms with van der Waals surface area (Å²) < 4.78 is 5.51. The van der Waals surface area contributed by atoms with Crippen molar-refractivity contribution in [2.24, 2.45) is 23.2 Å². The molecule has 6 nitrogen and oxygen atoms in total. The number of carbonyl (C=O) groups is 3. The fourth-order valence-corrected chi connectivity index (χ4v) is 8.00. The molecule has 0 N–H and O–H groups in total. The Bertz CT molecular complexity index is 1190. The number of carbonyl (C=O) groups excluding carboxylic acids is 3. The molecule has 4 bridgehead atoms. The molecule has 0 spiro atoms. The normalized spacial score (nSPS) is 30.2. The molecular formula is C30H33ClN2O4. The van der Waals surface area contributed by atoms with Crippen LogP contribution in [0.2, 0.25) is 5.02 Å². The lowest BCUT2D eigenvalue weighted by Crippen LogP contribution is -2.57. The smallest absolute Gasteiger partial charge is 0.257 e. The second-order valence-electron chi connectivity index (χ2n) is 11.4. The Balaban J connectivity index is 1.33. The molecule has 1 saturated heterocycles. The predicted molar refractivity (Wildman–Crippen MR) is 141 cm³/mol. The zero-order valence-corrected chi connectivity index (χ0v) is 22.0. The third kappa shape index (κ3) is 4.33. The van der Waals surface area contributed by atoms with Crippen LogP contribution in [0.5, 0.6) is 5.75 Å². The van der Waals surface area contributed by atoms with Gasteiger partial charge in [0.05, 0.1) is 24.1 Å². The van der Waals surface area contributed by atoms with Crippen LogP contribution in [0.1, 0.15) is 57.4 Å². The van der Waals surface area contributed by atoms with E-state index in [2.05, 4.69) is 0 Å². The van der Waals surface area contributed by atoms with Crippen LogP contribution < -0.4 is 9.64 Å². The molecule has 4 saturated carbocycles. The molecule has 5 fully saturated rings. The topological polar surface area (TPSA) is 66.9 Å². The number of benzene rings is 2. The van der Waals surface area contributed by atoms with Crippen LogP contribution >= 0.6 is 11.6 Å². The van der Waals surface area contributed by atoms with Gasteiger partial charge in [-0.3, -0.25) is 14.4 Å². The summed E-state index contributed by atoms with van der Waals surface area (Å²) in [7, 11) is 0. The summed E-state index contributed by atoms with van der Waals surface area (Å²) in [6.07, 6.45) is 6.35. The SMILES string of the molecule is CCOc1ccc(N2C(=O)CC(N(Cc3ccccc3Cl)C(=O)C34CC5CC(CC(C5)C3)C4)C2=O)cc1. The maximum absolute atomic E-state index is 14.5. The fraction of sp³-hybridized carbons (Fsp3) is 0.500. The predicted octanol–water partition coefficient (Wildman–Crippen LogP) is 5.62. The molecule has 3 amide bonds. The van der Waals surface area contributed by atoms with Crippen molar-refractivity contribution in [2.75, 3.05) is 11.5 Å². The number of halogens is 1. The summed E-state index contributed by atoms with van der Waals surface area (Å²) in [4.78, 5) is 44.5. The first kappa shape index (κ1) is 24.5. The van der Waals surface area contributed by atoms with E-state index in [1.165, 1.54) is 24.2 Å². The average molecular weight is 521 g/mol. The molecule has 1 unspecified atom stereocenters. The van der Waals surface area contributed by atoms with E-state index in [-0.39, 0.29) is 30.7 Å². The average Bonchev–Trinajstić information content (AvgIpc) is 3.16. The van der Waals surface area contributed by atoms with Gasteiger partial charge in [0.1, 0.15) is 11.8 Å². The van der Waals surface area contributed by atoms with E-state index >= 15 is 0 Å². The van der Waals surface area contributed by atoms with Gasteiger partial charge in [0, 0.05) is 11.6 Å². The third-order valence-electron chi connectivity index (χ3n) is 8.96. The number of amides is 3. The van der Waals surface area contributed by atoms with Crippen LogP contribution in [-0.2, 0) is 20.9 Å². The third-order valence-corrected chi connectivity index (χ3v) is 9.32. The van der Waals surface area contributed by atoms with Gasteiger partial charge >= 0.3 is 0 Å². The van der Waals surface area contributed by atoms with E-state index in [4.69, 9.17) is 16.3 Å². The number of nitrogens with zero attached hydrogens (tertiary/aromatic N) is 2. The van der Waals surface area contributed by atoms with Gasteiger partial charge in [0.2, 0.25) is 11.8 Å². The molecule has 7 rings (SSSR count). The van der Waals surface area contributed by atoms with E-state index < -0.39 is 11.5 Å². The molecule has 5 aliphatic rings. The monoisotopic (exact) mass is 520 g/mol. The Hall–Kier alpha value is -2.86. The van der Waals surface area contributed by atoms with Crippen molar-refractivity contribution in [1.29, 1.82) is 0 Å². The summed E-state index contributed by atoms with van der Waals surface area (Å²) in [6, 6.07) is 13.6. The van der Waals surface area contributed by atoms with Gasteiger partial charge in [-0.25, -0.2) is 4.90 Å². The van der Waals surface area contributed by atoms with Crippen LogP contribution in [0.25, 0.3) is 0 Å². The van der Waals surface area contributed by atoms with Crippen molar-refractivity contribution >= 4 is 35.0 Å². The Morgan fingerprint density at radius 1 is 1.00 bits per heavy atom. The number of hydrogen-bond acceptors (Lipinski definition) is 4. The highest BCUT2D eigenvalue weighted by atomic mass is 35.5. The standard InChI is InChI=1S/C30H33ClN2O4/c1-2-37-24-9-7-23(8-10-24)33-27(34)14-26(28(33)35)32(18-22-5-3-4-6-25(22)31)29(36)30-15-19-11-20(16-30)13-21(12-19)17-30/h3-10,19-21,26H,2,11-18H2,1H3. The second-order valence-corrected chi connectivity index (χ2v) is 11.8. The molecule has 7 heteroatoms. The number of imide groups is 1. The van der Waals surface area contributed by atoms with Crippen LogP contribution in [0.15, 0.2) is 48.5 Å². The minimum absolute atomic E-state index is 0.0192. The molecule has 1 heterocycles. The molecule has 2 aromatic rings. The highest BCUT2D eigenvalue weighted by Gasteiger charge is 2.57. The first-order chi connectivity index (χ1) is 17.9. The van der Waals surface area contributed by atoms with Crippen molar-refractivity contribution in [3.05, 3.63) is 59.1 Å². The van der Waals surface area contributed by atoms with Crippen molar-refractivity contribution in [1.82, 2.24) is 4.90 Å². The highest BCUT2D eigenvalue weighted by Crippen LogP contribution is 2.60. The lowest BCUT2D eigenvalue weighted by atomic mass is 9.49. The zero-order valence-electron chi connectivity index (χ0n) is 21.2. The molecule has 1 atom stereocenters. The lowest BCUT2D eigenvalue weighted by molar-refractivity contribution is -0.162. The molecule has 2 aromatic carbocycles. The Kier molecular flexibility index (Phi) is 6.26. The number of ether oxygens (including phenoxy) is 1. The fourth-order valence-electron chi connectivity index (χ4n) is 7.80. The molecule has 0 aromatic heterocycles. The van der Waals surface area contributed by atoms with Crippen molar-refractivity contribution < 1.29 is 19.1 Å². The Morgan fingerprint density at radius 2 is 1.62 bits per heavy atom. The van der Waals surface area contributed by atoms with E-state index in [0.717, 1.165) is 24.8 Å². The van der Waals surface area contributed by atoms with Gasteiger partial charge in [0.25, 0.3) is 5.91 Å². The number of hydrogen-bond donors (Lipinski definition) is 0. The lowest BCUT2D eigenvalue weighted by Gasteiger charge is -2.57. The van der Waals surface area contributed by atoms with Gasteiger partial charge in [-0.2, -0.15) is 0 Å². The van der Waals surface area contributed by atoms with Crippen molar-refractivity contribution in [3.8, 4) is 5.75 Å². The summed E-state index contributed by atoms with van der Waals surface area (Å²) in [5, 5.41) is 0.561. The molecule has 1 aliphatic heterocycles. The quantitative estimate of drug-likeness (QED) is 0.445. The Morgan fingerprint density at radius 3 is 2.22 bits per heavy atom. The molecule has 4 aliphatic carbocycles. The van der Waals surface area contributed by atoms with Gasteiger partial charge in [-0.05, 0) is 99.1 Å². The van der Waals surface area contributed by atoms with Crippen LogP contribution in [0.4, 0.5) is 5.69 Å². The first-order valence-electron chi connectivity index (χ1n) is 13.5. The first-order valence-corrected chi connectivity index (χ1v) is 13.9. The maximum atomic E-state index is 14.5. The highest BCUT2D eigenvalue weighted by molar-refractivity contribution is 6.31. The maximum Gasteiger partial charge on any atom is 0.257 e. The Labute approximate surface area is 222 Å². The van der Waals surface area contributed by atoms with Gasteiger partial charge in [0.15, 0.2) is 0 Å². The van der Waals surface area contributed by atoms with Crippen molar-refractivity contribution in [2.45, 2.75) is 64.5 Å². The van der Waals surface area contributed by atoms with Gasteiger partial charge in [-0.15, -0.1) is 0 Å². The summed E-state index contributed by atoms with van der Waals surface area (Å²) >= 11 is 6.52. The van der Waals surface area contributed by atoms with Crippen molar-refractivity contribution in [3.63, 3.8) is 0 Å². The van der Waals surface area contributed by atoms with E-state index in [1.54, 1.807) is 35.2 Å².